The summed E-state index contributed by atoms with van der Waals surface area (Å²) in [6.07, 6.45) is 4.47. The number of nitrogens with zero attached hydrogens (tertiary/aromatic N) is 7. The molecular weight excluding hydrogens is 416 g/mol. The molecule has 1 aliphatic heterocycles. The molecule has 0 radical (unpaired) electrons. The third-order valence-electron chi connectivity index (χ3n) is 6.05. The first-order valence-corrected chi connectivity index (χ1v) is 10.3. The maximum absolute atomic E-state index is 14.7. The van der Waals surface area contributed by atoms with Gasteiger partial charge in [0.25, 0.3) is 0 Å². The van der Waals surface area contributed by atoms with Gasteiger partial charge in [-0.3, -0.25) is 4.90 Å². The zero-order chi connectivity index (χ0) is 22.7. The van der Waals surface area contributed by atoms with Crippen molar-refractivity contribution < 1.29 is 13.9 Å². The molecule has 4 rings (SSSR count). The van der Waals surface area contributed by atoms with Crippen LogP contribution in [0.2, 0.25) is 0 Å². The number of hydrogen-bond donors (Lipinski definition) is 1. The van der Waals surface area contributed by atoms with Gasteiger partial charge in [0.2, 0.25) is 0 Å². The Morgan fingerprint density at radius 1 is 1.19 bits per heavy atom. The molecule has 1 saturated heterocycles. The number of benzene rings is 1. The van der Waals surface area contributed by atoms with Crippen LogP contribution in [0.15, 0.2) is 49.2 Å². The maximum Gasteiger partial charge on any atom is 0.140 e. The molecule has 3 heterocycles. The Hall–Kier alpha value is -3.42. The molecule has 8 nitrogen and oxygen atoms in total. The van der Waals surface area contributed by atoms with E-state index in [0.717, 1.165) is 17.8 Å². The van der Waals surface area contributed by atoms with Crippen molar-refractivity contribution in [1.29, 1.82) is 5.26 Å². The quantitative estimate of drug-likeness (QED) is 0.627. The van der Waals surface area contributed by atoms with E-state index in [2.05, 4.69) is 24.9 Å². The van der Waals surface area contributed by atoms with Gasteiger partial charge in [-0.1, -0.05) is 6.07 Å². The van der Waals surface area contributed by atoms with E-state index in [1.807, 2.05) is 19.1 Å². The Morgan fingerprint density at radius 3 is 2.56 bits per heavy atom. The number of rotatable bonds is 6. The molecule has 32 heavy (non-hydrogen) atoms. The van der Waals surface area contributed by atoms with Gasteiger partial charge in [0.15, 0.2) is 0 Å². The summed E-state index contributed by atoms with van der Waals surface area (Å²) in [6, 6.07) is 8.27. The van der Waals surface area contributed by atoms with Crippen LogP contribution in [0.5, 0.6) is 0 Å². The molecule has 2 atom stereocenters. The highest BCUT2D eigenvalue weighted by Crippen LogP contribution is 2.33. The van der Waals surface area contributed by atoms with Crippen LogP contribution in [0.1, 0.15) is 18.2 Å². The second-order valence-corrected chi connectivity index (χ2v) is 7.85. The number of aromatic nitrogens is 4. The van der Waals surface area contributed by atoms with Crippen LogP contribution in [0.25, 0.3) is 0 Å². The summed E-state index contributed by atoms with van der Waals surface area (Å²) < 4.78 is 29.7. The molecule has 0 spiro atoms. The molecule has 0 unspecified atom stereocenters. The van der Waals surface area contributed by atoms with Crippen molar-refractivity contribution in [2.45, 2.75) is 25.1 Å². The summed E-state index contributed by atoms with van der Waals surface area (Å²) in [5.74, 6) is -1.51. The Morgan fingerprint density at radius 2 is 1.97 bits per heavy atom. The van der Waals surface area contributed by atoms with Crippen molar-refractivity contribution in [3.63, 3.8) is 0 Å². The Balaban J connectivity index is 1.55. The summed E-state index contributed by atoms with van der Waals surface area (Å²) in [5, 5.41) is 24.7. The Labute approximate surface area is 184 Å². The molecule has 0 amide bonds. The summed E-state index contributed by atoms with van der Waals surface area (Å²) >= 11 is 0. The number of aliphatic hydroxyl groups is 1. The van der Waals surface area contributed by atoms with E-state index in [-0.39, 0.29) is 12.1 Å². The molecule has 1 N–H and O–H groups in total. The lowest BCUT2D eigenvalue weighted by atomic mass is 9.85. The molecule has 0 saturated carbocycles. The number of nitriles is 1. The maximum atomic E-state index is 14.7. The minimum absolute atomic E-state index is 0.0145. The van der Waals surface area contributed by atoms with Crippen molar-refractivity contribution >= 4 is 5.69 Å². The van der Waals surface area contributed by atoms with E-state index in [1.165, 1.54) is 23.4 Å². The monoisotopic (exact) mass is 439 g/mol. The zero-order valence-corrected chi connectivity index (χ0v) is 17.6. The summed E-state index contributed by atoms with van der Waals surface area (Å²) in [5.41, 5.74) is -0.371. The third-order valence-corrected chi connectivity index (χ3v) is 6.05. The van der Waals surface area contributed by atoms with Gasteiger partial charge >= 0.3 is 0 Å². The lowest BCUT2D eigenvalue weighted by Gasteiger charge is -2.45. The molecular formula is C22H23F2N7O. The summed E-state index contributed by atoms with van der Waals surface area (Å²) in [7, 11) is 0. The van der Waals surface area contributed by atoms with Gasteiger partial charge < -0.3 is 10.0 Å². The van der Waals surface area contributed by atoms with Crippen LogP contribution in [-0.2, 0) is 12.1 Å². The molecule has 3 aromatic rings. The Bertz CT molecular complexity index is 1090. The number of anilines is 1. The molecule has 2 aromatic heterocycles. The molecule has 1 aliphatic rings. The second kappa shape index (κ2) is 8.98. The van der Waals surface area contributed by atoms with Crippen LogP contribution >= 0.6 is 0 Å². The van der Waals surface area contributed by atoms with Gasteiger partial charge in [0.1, 0.15) is 41.7 Å². The second-order valence-electron chi connectivity index (χ2n) is 7.85. The van der Waals surface area contributed by atoms with Gasteiger partial charge in [-0.05, 0) is 25.1 Å². The standard InChI is InChI=1S/C22H23F2N7O/c1-16(29-6-8-30(9-7-29)19-4-3-18(11-25)27-12-19)22(32,13-31-15-26-14-28-31)20-5-2-17(23)10-21(20)24/h2-5,10,12,14-16,32H,6-9,13H2,1H3/t16-,22-/m1/s1. The van der Waals surface area contributed by atoms with E-state index >= 15 is 0 Å². The van der Waals surface area contributed by atoms with Gasteiger partial charge in [-0.25, -0.2) is 23.4 Å². The third kappa shape index (κ3) is 4.30. The average Bonchev–Trinajstić information content (AvgIpc) is 3.31. The number of pyridine rings is 1. The first kappa shape index (κ1) is 21.8. The highest BCUT2D eigenvalue weighted by atomic mass is 19.1. The van der Waals surface area contributed by atoms with E-state index < -0.39 is 23.3 Å². The molecule has 10 heteroatoms. The van der Waals surface area contributed by atoms with E-state index in [0.29, 0.717) is 31.9 Å². The van der Waals surface area contributed by atoms with Crippen LogP contribution in [0.4, 0.5) is 14.5 Å². The molecule has 0 bridgehead atoms. The average molecular weight is 439 g/mol. The number of piperazine rings is 1. The van der Waals surface area contributed by atoms with Crippen LogP contribution in [-0.4, -0.2) is 62.0 Å². The lowest BCUT2D eigenvalue weighted by molar-refractivity contribution is -0.0650. The number of hydrogen-bond acceptors (Lipinski definition) is 7. The highest BCUT2D eigenvalue weighted by molar-refractivity contribution is 5.46. The molecule has 166 valence electrons. The molecule has 1 aromatic carbocycles. The predicted molar refractivity (Wildman–Crippen MR) is 112 cm³/mol. The van der Waals surface area contributed by atoms with Crippen molar-refractivity contribution in [2.75, 3.05) is 31.1 Å². The fraction of sp³-hybridized carbons (Fsp3) is 0.364. The zero-order valence-electron chi connectivity index (χ0n) is 17.6. The highest BCUT2D eigenvalue weighted by Gasteiger charge is 2.42. The van der Waals surface area contributed by atoms with E-state index in [1.54, 1.807) is 12.3 Å². The van der Waals surface area contributed by atoms with Crippen molar-refractivity contribution in [3.8, 4) is 6.07 Å². The largest absolute Gasteiger partial charge is 0.381 e. The number of halogens is 2. The molecule has 1 fully saturated rings. The fourth-order valence-corrected chi connectivity index (χ4v) is 4.15. The summed E-state index contributed by atoms with van der Waals surface area (Å²) in [4.78, 5) is 12.2. The fourth-order valence-electron chi connectivity index (χ4n) is 4.15. The first-order valence-electron chi connectivity index (χ1n) is 10.3. The van der Waals surface area contributed by atoms with Crippen LogP contribution in [0, 0.1) is 23.0 Å². The van der Waals surface area contributed by atoms with E-state index in [9.17, 15) is 13.9 Å². The summed E-state index contributed by atoms with van der Waals surface area (Å²) in [6.45, 7) is 4.37. The van der Waals surface area contributed by atoms with Crippen molar-refractivity contribution in [3.05, 3.63) is 72.1 Å². The SMILES string of the molecule is C[C@@H](N1CCN(c2ccc(C#N)nc2)CC1)[C@](O)(Cn1cncn1)c1ccc(F)cc1F. The normalized spacial score (nSPS) is 17.5. The van der Waals surface area contributed by atoms with Gasteiger partial charge in [-0.15, -0.1) is 0 Å². The minimum atomic E-state index is -1.66. The van der Waals surface area contributed by atoms with Gasteiger partial charge in [0, 0.05) is 43.9 Å². The van der Waals surface area contributed by atoms with Crippen molar-refractivity contribution in [1.82, 2.24) is 24.6 Å². The first-order chi connectivity index (χ1) is 15.4. The van der Waals surface area contributed by atoms with Crippen molar-refractivity contribution in [2.24, 2.45) is 0 Å². The van der Waals surface area contributed by atoms with Crippen LogP contribution in [0.3, 0.4) is 0 Å². The molecule has 0 aliphatic carbocycles. The van der Waals surface area contributed by atoms with Gasteiger partial charge in [-0.2, -0.15) is 10.4 Å². The van der Waals surface area contributed by atoms with Crippen LogP contribution < -0.4 is 4.90 Å². The van der Waals surface area contributed by atoms with Gasteiger partial charge in [0.05, 0.1) is 18.4 Å². The topological polar surface area (TPSA) is 94.1 Å². The van der Waals surface area contributed by atoms with E-state index in [4.69, 9.17) is 5.26 Å². The lowest BCUT2D eigenvalue weighted by Crippen LogP contribution is -2.57. The predicted octanol–water partition coefficient (Wildman–Crippen LogP) is 1.92. The Kier molecular flexibility index (Phi) is 6.12. The smallest absolute Gasteiger partial charge is 0.140 e. The minimum Gasteiger partial charge on any atom is -0.381 e.